The van der Waals surface area contributed by atoms with Crippen LogP contribution in [0, 0.1) is 0 Å². The van der Waals surface area contributed by atoms with E-state index in [1.807, 2.05) is 18.2 Å². The second-order valence-electron chi connectivity index (χ2n) is 4.42. The molecule has 0 unspecified atom stereocenters. The molecule has 1 heterocycles. The molecule has 0 radical (unpaired) electrons. The van der Waals surface area contributed by atoms with Crippen molar-refractivity contribution in [1.82, 2.24) is 15.0 Å². The van der Waals surface area contributed by atoms with Gasteiger partial charge in [-0.1, -0.05) is 22.0 Å². The highest BCUT2D eigenvalue weighted by atomic mass is 79.9. The van der Waals surface area contributed by atoms with Gasteiger partial charge in [-0.25, -0.2) is 0 Å². The predicted octanol–water partition coefficient (Wildman–Crippen LogP) is 2.42. The van der Waals surface area contributed by atoms with Crippen molar-refractivity contribution < 1.29 is 10.2 Å². The van der Waals surface area contributed by atoms with Crippen LogP contribution in [-0.2, 0) is 6.42 Å². The number of benzene rings is 2. The molecule has 6 heteroatoms. The molecule has 1 aromatic heterocycles. The maximum atomic E-state index is 9.96. The van der Waals surface area contributed by atoms with Crippen LogP contribution in [0.25, 0.3) is 16.7 Å². The van der Waals surface area contributed by atoms with Crippen molar-refractivity contribution in [3.63, 3.8) is 0 Å². The molecule has 3 rings (SSSR count). The molecule has 102 valence electrons. The van der Waals surface area contributed by atoms with Gasteiger partial charge in [-0.05, 0) is 42.3 Å². The quantitative estimate of drug-likeness (QED) is 0.772. The van der Waals surface area contributed by atoms with E-state index in [-0.39, 0.29) is 12.4 Å². The van der Waals surface area contributed by atoms with Gasteiger partial charge in [-0.2, -0.15) is 0 Å². The highest BCUT2D eigenvalue weighted by molar-refractivity contribution is 9.10. The minimum Gasteiger partial charge on any atom is -0.506 e. The van der Waals surface area contributed by atoms with Gasteiger partial charge in [0.25, 0.3) is 0 Å². The number of phenols is 1. The number of nitrogens with zero attached hydrogens (tertiary/aromatic N) is 3. The summed E-state index contributed by atoms with van der Waals surface area (Å²) in [6.45, 7) is 0.0612. The molecule has 2 aromatic carbocycles. The fourth-order valence-corrected chi connectivity index (χ4v) is 2.36. The van der Waals surface area contributed by atoms with Crippen LogP contribution in [0.2, 0.25) is 0 Å². The van der Waals surface area contributed by atoms with Gasteiger partial charge < -0.3 is 10.2 Å². The van der Waals surface area contributed by atoms with Gasteiger partial charge in [0.15, 0.2) is 0 Å². The average Bonchev–Trinajstić information content (AvgIpc) is 2.84. The summed E-state index contributed by atoms with van der Waals surface area (Å²) in [5.74, 6) is 0.103. The van der Waals surface area contributed by atoms with E-state index in [1.165, 1.54) is 4.80 Å². The molecule has 0 saturated carbocycles. The highest BCUT2D eigenvalue weighted by Gasteiger charge is 2.10. The molecule has 0 aliphatic rings. The van der Waals surface area contributed by atoms with Crippen molar-refractivity contribution in [3.8, 4) is 11.4 Å². The van der Waals surface area contributed by atoms with Crippen LogP contribution in [0.3, 0.4) is 0 Å². The number of phenolic OH excluding ortho intramolecular Hbond substituents is 1. The molecule has 5 nitrogen and oxygen atoms in total. The third kappa shape index (κ3) is 2.39. The average molecular weight is 334 g/mol. The predicted molar refractivity (Wildman–Crippen MR) is 79.0 cm³/mol. The first-order valence-corrected chi connectivity index (χ1v) is 6.92. The molecular formula is C14H12BrN3O2. The zero-order valence-electron chi connectivity index (χ0n) is 10.5. The first-order chi connectivity index (χ1) is 9.67. The monoisotopic (exact) mass is 333 g/mol. The van der Waals surface area contributed by atoms with E-state index in [0.29, 0.717) is 12.1 Å². The summed E-state index contributed by atoms with van der Waals surface area (Å²) in [6, 6.07) is 10.8. The second-order valence-corrected chi connectivity index (χ2v) is 5.33. The van der Waals surface area contributed by atoms with Crippen molar-refractivity contribution in [2.75, 3.05) is 6.61 Å². The number of aromatic nitrogens is 3. The number of aromatic hydroxyl groups is 1. The standard InChI is InChI=1S/C14H12BrN3O2/c15-10-2-3-11-12(8-10)17-18(16-11)13-7-9(5-6-19)1-4-14(13)20/h1-4,7-8,19-20H,5-6H2. The molecule has 0 saturated heterocycles. The Hall–Kier alpha value is -1.92. The molecule has 0 spiro atoms. The maximum absolute atomic E-state index is 9.96. The Morgan fingerprint density at radius 2 is 1.85 bits per heavy atom. The number of halogens is 1. The second kappa shape index (κ2) is 5.22. The van der Waals surface area contributed by atoms with E-state index < -0.39 is 0 Å². The summed E-state index contributed by atoms with van der Waals surface area (Å²) in [5, 5.41) is 27.7. The normalized spacial score (nSPS) is 11.1. The Bertz CT molecular complexity index is 770. The molecule has 0 aliphatic carbocycles. The number of rotatable bonds is 3. The highest BCUT2D eigenvalue weighted by Crippen LogP contribution is 2.24. The molecule has 0 aliphatic heterocycles. The number of fused-ring (bicyclic) bond motifs is 1. The molecule has 0 bridgehead atoms. The lowest BCUT2D eigenvalue weighted by Crippen LogP contribution is -2.01. The summed E-state index contributed by atoms with van der Waals surface area (Å²) >= 11 is 3.39. The Kier molecular flexibility index (Phi) is 3.42. The SMILES string of the molecule is OCCc1ccc(O)c(-n2nc3ccc(Br)cc3n2)c1. The smallest absolute Gasteiger partial charge is 0.143 e. The molecule has 0 fully saturated rings. The summed E-state index contributed by atoms with van der Waals surface area (Å²) in [5.41, 5.74) is 2.91. The van der Waals surface area contributed by atoms with Crippen molar-refractivity contribution in [2.45, 2.75) is 6.42 Å². The van der Waals surface area contributed by atoms with Gasteiger partial charge in [-0.15, -0.1) is 15.0 Å². The van der Waals surface area contributed by atoms with E-state index in [2.05, 4.69) is 26.1 Å². The van der Waals surface area contributed by atoms with Crippen molar-refractivity contribution in [1.29, 1.82) is 0 Å². The van der Waals surface area contributed by atoms with E-state index in [4.69, 9.17) is 5.11 Å². The summed E-state index contributed by atoms with van der Waals surface area (Å²) < 4.78 is 0.926. The Labute approximate surface area is 123 Å². The van der Waals surface area contributed by atoms with Gasteiger partial charge in [0.1, 0.15) is 22.5 Å². The molecule has 20 heavy (non-hydrogen) atoms. The molecule has 3 aromatic rings. The Morgan fingerprint density at radius 3 is 2.65 bits per heavy atom. The molecule has 0 amide bonds. The van der Waals surface area contributed by atoms with Crippen LogP contribution in [0.4, 0.5) is 0 Å². The fourth-order valence-electron chi connectivity index (χ4n) is 2.01. The van der Waals surface area contributed by atoms with E-state index >= 15 is 0 Å². The van der Waals surface area contributed by atoms with Gasteiger partial charge in [0.2, 0.25) is 0 Å². The zero-order valence-corrected chi connectivity index (χ0v) is 12.1. The first kappa shape index (κ1) is 13.1. The number of aliphatic hydroxyl groups excluding tert-OH is 1. The molecule has 2 N–H and O–H groups in total. The van der Waals surface area contributed by atoms with Crippen LogP contribution in [0.1, 0.15) is 5.56 Å². The van der Waals surface area contributed by atoms with Gasteiger partial charge in [0.05, 0.1) is 0 Å². The fraction of sp³-hybridized carbons (Fsp3) is 0.143. The van der Waals surface area contributed by atoms with Crippen LogP contribution in [0.5, 0.6) is 5.75 Å². The largest absolute Gasteiger partial charge is 0.506 e. The molecule has 0 atom stereocenters. The molecular weight excluding hydrogens is 322 g/mol. The lowest BCUT2D eigenvalue weighted by Gasteiger charge is -2.05. The minimum absolute atomic E-state index is 0.0612. The first-order valence-electron chi connectivity index (χ1n) is 6.13. The Balaban J connectivity index is 2.12. The van der Waals surface area contributed by atoms with Crippen molar-refractivity contribution >= 4 is 27.0 Å². The Morgan fingerprint density at radius 1 is 1.05 bits per heavy atom. The summed E-state index contributed by atoms with van der Waals surface area (Å²) in [4.78, 5) is 1.41. The number of hydrogen-bond donors (Lipinski definition) is 2. The van der Waals surface area contributed by atoms with E-state index in [9.17, 15) is 5.11 Å². The lowest BCUT2D eigenvalue weighted by molar-refractivity contribution is 0.299. The number of aliphatic hydroxyl groups is 1. The summed E-state index contributed by atoms with van der Waals surface area (Å²) in [7, 11) is 0. The van der Waals surface area contributed by atoms with Gasteiger partial charge in [-0.3, -0.25) is 0 Å². The van der Waals surface area contributed by atoms with E-state index in [0.717, 1.165) is 21.1 Å². The van der Waals surface area contributed by atoms with Gasteiger partial charge in [0, 0.05) is 11.1 Å². The third-order valence-corrected chi connectivity index (χ3v) is 3.49. The topological polar surface area (TPSA) is 71.2 Å². The van der Waals surface area contributed by atoms with E-state index in [1.54, 1.807) is 18.2 Å². The number of hydrogen-bond acceptors (Lipinski definition) is 4. The van der Waals surface area contributed by atoms with Crippen LogP contribution >= 0.6 is 15.9 Å². The third-order valence-electron chi connectivity index (χ3n) is 3.00. The van der Waals surface area contributed by atoms with Crippen molar-refractivity contribution in [3.05, 3.63) is 46.4 Å². The lowest BCUT2D eigenvalue weighted by atomic mass is 10.1. The van der Waals surface area contributed by atoms with Crippen molar-refractivity contribution in [2.24, 2.45) is 0 Å². The van der Waals surface area contributed by atoms with Crippen LogP contribution < -0.4 is 0 Å². The zero-order chi connectivity index (χ0) is 14.1. The van der Waals surface area contributed by atoms with Crippen LogP contribution in [-0.4, -0.2) is 31.8 Å². The maximum Gasteiger partial charge on any atom is 0.143 e. The van der Waals surface area contributed by atoms with Gasteiger partial charge >= 0.3 is 0 Å². The van der Waals surface area contributed by atoms with Crippen LogP contribution in [0.15, 0.2) is 40.9 Å². The summed E-state index contributed by atoms with van der Waals surface area (Å²) in [6.07, 6.45) is 0.527. The minimum atomic E-state index is 0.0612.